The summed E-state index contributed by atoms with van der Waals surface area (Å²) in [6.45, 7) is 1.36. The quantitative estimate of drug-likeness (QED) is 0.662. The predicted octanol–water partition coefficient (Wildman–Crippen LogP) is 3.11. The van der Waals surface area contributed by atoms with Gasteiger partial charge in [0, 0.05) is 26.2 Å². The van der Waals surface area contributed by atoms with Gasteiger partial charge in [0.2, 0.25) is 5.91 Å². The van der Waals surface area contributed by atoms with Crippen molar-refractivity contribution in [3.05, 3.63) is 53.6 Å². The van der Waals surface area contributed by atoms with Crippen LogP contribution in [0.4, 0.5) is 18.9 Å². The molecule has 0 saturated carbocycles. The van der Waals surface area contributed by atoms with Crippen molar-refractivity contribution in [1.29, 1.82) is 0 Å². The Morgan fingerprint density at radius 1 is 1.00 bits per heavy atom. The lowest BCUT2D eigenvalue weighted by Crippen LogP contribution is -2.50. The maximum absolute atomic E-state index is 13.2. The van der Waals surface area contributed by atoms with Gasteiger partial charge >= 0.3 is 6.18 Å². The van der Waals surface area contributed by atoms with Crippen LogP contribution in [-0.2, 0) is 11.0 Å². The molecule has 0 atom stereocenters. The van der Waals surface area contributed by atoms with Crippen LogP contribution in [0.1, 0.15) is 15.9 Å². The molecule has 1 fully saturated rings. The van der Waals surface area contributed by atoms with Gasteiger partial charge in [0.25, 0.3) is 5.91 Å². The van der Waals surface area contributed by atoms with Crippen LogP contribution in [0, 0.1) is 0 Å². The minimum atomic E-state index is -4.60. The molecule has 2 aromatic carbocycles. The van der Waals surface area contributed by atoms with E-state index in [-0.39, 0.29) is 31.1 Å². The Balaban J connectivity index is 1.34. The Bertz CT molecular complexity index is 1110. The van der Waals surface area contributed by atoms with Crippen LogP contribution in [0.25, 0.3) is 11.0 Å². The summed E-state index contributed by atoms with van der Waals surface area (Å²) in [5, 5.41) is 2.82. The molecular formula is C20H18F3N5O2S. The van der Waals surface area contributed by atoms with E-state index in [0.717, 1.165) is 17.8 Å². The molecule has 1 aliphatic rings. The van der Waals surface area contributed by atoms with E-state index in [2.05, 4.69) is 14.1 Å². The molecule has 4 rings (SSSR count). The highest BCUT2D eigenvalue weighted by Crippen LogP contribution is 2.32. The Morgan fingerprint density at radius 2 is 1.74 bits per heavy atom. The van der Waals surface area contributed by atoms with Crippen molar-refractivity contribution in [2.75, 3.05) is 38.0 Å². The first-order chi connectivity index (χ1) is 14.8. The van der Waals surface area contributed by atoms with Gasteiger partial charge in [-0.1, -0.05) is 18.2 Å². The van der Waals surface area contributed by atoms with E-state index < -0.39 is 17.6 Å². The Kier molecular flexibility index (Phi) is 5.88. The number of fused-ring (bicyclic) bond motifs is 1. The third kappa shape index (κ3) is 4.67. The number of nitrogens with zero attached hydrogens (tertiary/aromatic N) is 4. The standard InChI is InChI=1S/C20H18F3N5O2S/c21-20(22,23)14-5-2-1-4-13(14)19(30)28-10-8-27(9-11-28)12-17(29)24-15-6-3-7-16-18(15)26-31-25-16/h1-7H,8-12H2,(H,24,29). The zero-order valence-electron chi connectivity index (χ0n) is 16.2. The summed E-state index contributed by atoms with van der Waals surface area (Å²) in [7, 11) is 0. The zero-order chi connectivity index (χ0) is 22.0. The Labute approximate surface area is 179 Å². The second-order valence-electron chi connectivity index (χ2n) is 7.10. The molecule has 1 aromatic heterocycles. The summed E-state index contributed by atoms with van der Waals surface area (Å²) in [5.41, 5.74) is 0.612. The van der Waals surface area contributed by atoms with Crippen LogP contribution in [0.15, 0.2) is 42.5 Å². The summed E-state index contributed by atoms with van der Waals surface area (Å²) in [4.78, 5) is 28.3. The number of hydrogen-bond acceptors (Lipinski definition) is 6. The van der Waals surface area contributed by atoms with Crippen LogP contribution in [0.5, 0.6) is 0 Å². The topological polar surface area (TPSA) is 78.4 Å². The van der Waals surface area contributed by atoms with Gasteiger partial charge in [-0.3, -0.25) is 14.5 Å². The highest BCUT2D eigenvalue weighted by atomic mass is 32.1. The second kappa shape index (κ2) is 8.60. The smallest absolute Gasteiger partial charge is 0.336 e. The maximum Gasteiger partial charge on any atom is 0.417 e. The summed E-state index contributed by atoms with van der Waals surface area (Å²) in [5.74, 6) is -0.887. The fraction of sp³-hybridized carbons (Fsp3) is 0.300. The molecule has 1 aliphatic heterocycles. The molecule has 0 spiro atoms. The van der Waals surface area contributed by atoms with E-state index in [1.165, 1.54) is 23.1 Å². The first-order valence-corrected chi connectivity index (χ1v) is 10.2. The number of piperazine rings is 1. The normalized spacial score (nSPS) is 15.3. The zero-order valence-corrected chi connectivity index (χ0v) is 17.0. The van der Waals surface area contributed by atoms with Crippen molar-refractivity contribution < 1.29 is 22.8 Å². The van der Waals surface area contributed by atoms with Crippen molar-refractivity contribution in [3.8, 4) is 0 Å². The van der Waals surface area contributed by atoms with Gasteiger partial charge in [0.15, 0.2) is 0 Å². The predicted molar refractivity (Wildman–Crippen MR) is 110 cm³/mol. The van der Waals surface area contributed by atoms with Crippen LogP contribution in [0.3, 0.4) is 0 Å². The average molecular weight is 449 g/mol. The van der Waals surface area contributed by atoms with E-state index in [1.54, 1.807) is 12.1 Å². The molecule has 162 valence electrons. The minimum absolute atomic E-state index is 0.106. The van der Waals surface area contributed by atoms with Crippen molar-refractivity contribution in [3.63, 3.8) is 0 Å². The number of alkyl halides is 3. The summed E-state index contributed by atoms with van der Waals surface area (Å²) in [6.07, 6.45) is -4.60. The van der Waals surface area contributed by atoms with Crippen LogP contribution < -0.4 is 5.32 Å². The third-order valence-electron chi connectivity index (χ3n) is 5.05. The molecule has 2 heterocycles. The molecule has 7 nitrogen and oxygen atoms in total. The summed E-state index contributed by atoms with van der Waals surface area (Å²) >= 11 is 1.06. The Morgan fingerprint density at radius 3 is 2.48 bits per heavy atom. The minimum Gasteiger partial charge on any atom is -0.336 e. The van der Waals surface area contributed by atoms with Crippen LogP contribution >= 0.6 is 11.7 Å². The molecule has 1 N–H and O–H groups in total. The largest absolute Gasteiger partial charge is 0.417 e. The molecule has 1 saturated heterocycles. The molecule has 0 radical (unpaired) electrons. The number of amides is 2. The molecule has 0 aliphatic carbocycles. The fourth-order valence-electron chi connectivity index (χ4n) is 3.50. The molecule has 0 unspecified atom stereocenters. The van der Waals surface area contributed by atoms with Gasteiger partial charge in [-0.25, -0.2) is 0 Å². The first-order valence-electron chi connectivity index (χ1n) is 9.52. The third-order valence-corrected chi connectivity index (χ3v) is 5.59. The van der Waals surface area contributed by atoms with E-state index in [0.29, 0.717) is 29.8 Å². The van der Waals surface area contributed by atoms with Crippen LogP contribution in [0.2, 0.25) is 0 Å². The lowest BCUT2D eigenvalue weighted by molar-refractivity contribution is -0.138. The van der Waals surface area contributed by atoms with Crippen molar-refractivity contribution in [1.82, 2.24) is 18.5 Å². The molecule has 2 amide bonds. The van der Waals surface area contributed by atoms with Gasteiger partial charge < -0.3 is 10.2 Å². The molecule has 0 bridgehead atoms. The molecule has 11 heteroatoms. The van der Waals surface area contributed by atoms with E-state index in [9.17, 15) is 22.8 Å². The van der Waals surface area contributed by atoms with E-state index in [4.69, 9.17) is 0 Å². The Hall–Kier alpha value is -3.05. The fourth-order valence-corrected chi connectivity index (χ4v) is 4.05. The summed E-state index contributed by atoms with van der Waals surface area (Å²) in [6, 6.07) is 10.1. The average Bonchev–Trinajstić information content (AvgIpc) is 3.23. The summed E-state index contributed by atoms with van der Waals surface area (Å²) < 4.78 is 47.9. The number of halogens is 3. The van der Waals surface area contributed by atoms with Crippen molar-refractivity contribution in [2.45, 2.75) is 6.18 Å². The van der Waals surface area contributed by atoms with Gasteiger partial charge in [0.05, 0.1) is 35.1 Å². The highest BCUT2D eigenvalue weighted by Gasteiger charge is 2.36. The lowest BCUT2D eigenvalue weighted by Gasteiger charge is -2.34. The lowest BCUT2D eigenvalue weighted by atomic mass is 10.1. The monoisotopic (exact) mass is 449 g/mol. The maximum atomic E-state index is 13.2. The second-order valence-corrected chi connectivity index (χ2v) is 7.63. The number of carbonyl (C=O) groups is 2. The molecule has 3 aromatic rings. The van der Waals surface area contributed by atoms with Crippen molar-refractivity contribution >= 4 is 40.3 Å². The van der Waals surface area contributed by atoms with Gasteiger partial charge in [0.1, 0.15) is 11.0 Å². The number of rotatable bonds is 4. The molecule has 31 heavy (non-hydrogen) atoms. The number of nitrogens with one attached hydrogen (secondary N) is 1. The van der Waals surface area contributed by atoms with Gasteiger partial charge in [-0.2, -0.15) is 21.9 Å². The SMILES string of the molecule is O=C(CN1CCN(C(=O)c2ccccc2C(F)(F)F)CC1)Nc1cccc2nsnc12. The van der Waals surface area contributed by atoms with Crippen LogP contribution in [-0.4, -0.2) is 63.1 Å². The van der Waals surface area contributed by atoms with E-state index >= 15 is 0 Å². The molecular weight excluding hydrogens is 431 g/mol. The van der Waals surface area contributed by atoms with Gasteiger partial charge in [-0.05, 0) is 24.3 Å². The number of anilines is 1. The van der Waals surface area contributed by atoms with Gasteiger partial charge in [-0.15, -0.1) is 0 Å². The van der Waals surface area contributed by atoms with Crippen molar-refractivity contribution in [2.24, 2.45) is 0 Å². The number of benzene rings is 2. The first kappa shape index (κ1) is 21.2. The number of carbonyl (C=O) groups excluding carboxylic acids is 2. The highest BCUT2D eigenvalue weighted by molar-refractivity contribution is 7.00. The van der Waals surface area contributed by atoms with E-state index in [1.807, 2.05) is 11.0 Å². The number of aromatic nitrogens is 2. The number of hydrogen-bond donors (Lipinski definition) is 1.